The van der Waals surface area contributed by atoms with Gasteiger partial charge in [-0.15, -0.1) is 11.3 Å². The first-order valence-corrected chi connectivity index (χ1v) is 4.41. The fourth-order valence-corrected chi connectivity index (χ4v) is 1.88. The Morgan fingerprint density at radius 1 is 1.60 bits per heavy atom. The third-order valence-electron chi connectivity index (χ3n) is 1.13. The zero-order chi connectivity index (χ0) is 7.40. The molecule has 0 unspecified atom stereocenters. The predicted molar refractivity (Wildman–Crippen MR) is 46.6 cm³/mol. The Morgan fingerprint density at radius 2 is 2.40 bits per heavy atom. The second kappa shape index (κ2) is 3.65. The molecule has 1 rings (SSSR count). The molecule has 0 amide bonds. The second-order valence-electron chi connectivity index (χ2n) is 1.85. The van der Waals surface area contributed by atoms with Crippen molar-refractivity contribution in [1.82, 2.24) is 0 Å². The number of nitrogens with zero attached hydrogens (tertiary/aromatic N) is 1. The zero-order valence-corrected chi connectivity index (χ0v) is 7.08. The van der Waals surface area contributed by atoms with Crippen LogP contribution in [0.3, 0.4) is 0 Å². The average molecular weight is 169 g/mol. The number of rotatable bonds is 2. The summed E-state index contributed by atoms with van der Waals surface area (Å²) in [5, 5.41) is 8.46. The quantitative estimate of drug-likeness (QED) is 0.673. The number of hydrogen-bond donors (Lipinski definition) is 1. The van der Waals surface area contributed by atoms with E-state index < -0.39 is 0 Å². The molecule has 0 saturated carbocycles. The highest BCUT2D eigenvalue weighted by molar-refractivity contribution is 7.80. The van der Waals surface area contributed by atoms with Crippen molar-refractivity contribution in [2.45, 2.75) is 6.42 Å². The van der Waals surface area contributed by atoms with E-state index in [-0.39, 0.29) is 0 Å². The monoisotopic (exact) mass is 169 g/mol. The van der Waals surface area contributed by atoms with Gasteiger partial charge in [0, 0.05) is 4.88 Å². The minimum absolute atomic E-state index is 0.789. The highest BCUT2D eigenvalue weighted by atomic mass is 32.1. The van der Waals surface area contributed by atoms with Crippen LogP contribution in [0, 0.1) is 11.3 Å². The van der Waals surface area contributed by atoms with E-state index in [0.717, 1.165) is 17.1 Å². The summed E-state index contributed by atoms with van der Waals surface area (Å²) in [6.07, 6.45) is 0.968. The predicted octanol–water partition coefficient (Wildman–Crippen LogP) is 2.09. The number of thiophene rings is 1. The molecule has 52 valence electrons. The molecule has 1 aromatic rings. The van der Waals surface area contributed by atoms with Crippen LogP contribution in [-0.4, -0.2) is 5.75 Å². The van der Waals surface area contributed by atoms with Crippen molar-refractivity contribution in [1.29, 1.82) is 5.26 Å². The van der Waals surface area contributed by atoms with Crippen LogP contribution >= 0.6 is 24.0 Å². The van der Waals surface area contributed by atoms with Gasteiger partial charge in [-0.2, -0.15) is 17.9 Å². The number of hydrogen-bond acceptors (Lipinski definition) is 3. The molecule has 1 heterocycles. The highest BCUT2D eigenvalue weighted by Gasteiger charge is 1.96. The lowest BCUT2D eigenvalue weighted by atomic mass is 10.4. The van der Waals surface area contributed by atoms with Crippen LogP contribution in [0.2, 0.25) is 0 Å². The Hall–Kier alpha value is -0.460. The van der Waals surface area contributed by atoms with Crippen molar-refractivity contribution in [3.8, 4) is 6.07 Å². The topological polar surface area (TPSA) is 23.8 Å². The summed E-state index contributed by atoms with van der Waals surface area (Å²) in [4.78, 5) is 2.03. The smallest absolute Gasteiger partial charge is 0.110 e. The van der Waals surface area contributed by atoms with Crippen molar-refractivity contribution in [2.24, 2.45) is 0 Å². The maximum atomic E-state index is 8.46. The third-order valence-corrected chi connectivity index (χ3v) is 2.40. The number of nitriles is 1. The molecule has 0 saturated heterocycles. The molecule has 0 aromatic carbocycles. The molecule has 1 nitrogen and oxygen atoms in total. The van der Waals surface area contributed by atoms with Crippen LogP contribution in [0.1, 0.15) is 9.75 Å². The van der Waals surface area contributed by atoms with Gasteiger partial charge in [-0.05, 0) is 24.3 Å². The minimum atomic E-state index is 0.789. The van der Waals surface area contributed by atoms with Crippen LogP contribution in [-0.2, 0) is 6.42 Å². The SMILES string of the molecule is N#Cc1ccc(CCS)s1. The van der Waals surface area contributed by atoms with E-state index >= 15 is 0 Å². The highest BCUT2D eigenvalue weighted by Crippen LogP contribution is 2.15. The molecule has 0 radical (unpaired) electrons. The molecule has 0 atom stereocenters. The lowest BCUT2D eigenvalue weighted by Crippen LogP contribution is -1.77. The first-order valence-electron chi connectivity index (χ1n) is 2.96. The molecule has 0 aliphatic carbocycles. The molecule has 3 heteroatoms. The molecule has 0 spiro atoms. The molecule has 10 heavy (non-hydrogen) atoms. The molecule has 0 aliphatic rings. The maximum Gasteiger partial charge on any atom is 0.110 e. The van der Waals surface area contributed by atoms with Crippen molar-refractivity contribution in [2.75, 3.05) is 5.75 Å². The summed E-state index contributed by atoms with van der Waals surface area (Å²) < 4.78 is 0. The van der Waals surface area contributed by atoms with Gasteiger partial charge < -0.3 is 0 Å². The van der Waals surface area contributed by atoms with Crippen molar-refractivity contribution >= 4 is 24.0 Å². The average Bonchev–Trinajstić information content (AvgIpc) is 2.37. The van der Waals surface area contributed by atoms with E-state index in [0.29, 0.717) is 0 Å². The molecular weight excluding hydrogens is 162 g/mol. The summed E-state index contributed by atoms with van der Waals surface area (Å²) in [5.74, 6) is 0.853. The Bertz CT molecular complexity index is 246. The van der Waals surface area contributed by atoms with Gasteiger partial charge in [0.25, 0.3) is 0 Å². The van der Waals surface area contributed by atoms with Gasteiger partial charge >= 0.3 is 0 Å². The van der Waals surface area contributed by atoms with Crippen LogP contribution in [0.5, 0.6) is 0 Å². The Balaban J connectivity index is 2.71. The molecule has 0 fully saturated rings. The Kier molecular flexibility index (Phi) is 2.79. The first kappa shape index (κ1) is 7.64. The van der Waals surface area contributed by atoms with Crippen LogP contribution in [0.15, 0.2) is 12.1 Å². The van der Waals surface area contributed by atoms with E-state index in [1.165, 1.54) is 4.88 Å². The summed E-state index contributed by atoms with van der Waals surface area (Å²) in [6, 6.07) is 5.94. The lowest BCUT2D eigenvalue weighted by molar-refractivity contribution is 1.21. The Morgan fingerprint density at radius 3 is 2.90 bits per heavy atom. The van der Waals surface area contributed by atoms with E-state index in [2.05, 4.69) is 18.7 Å². The van der Waals surface area contributed by atoms with Crippen molar-refractivity contribution < 1.29 is 0 Å². The van der Waals surface area contributed by atoms with Crippen molar-refractivity contribution in [3.63, 3.8) is 0 Å². The van der Waals surface area contributed by atoms with Crippen molar-refractivity contribution in [3.05, 3.63) is 21.9 Å². The molecular formula is C7H7NS2. The van der Waals surface area contributed by atoms with E-state index in [4.69, 9.17) is 5.26 Å². The Labute approximate surface area is 69.7 Å². The summed E-state index contributed by atoms with van der Waals surface area (Å²) in [6.45, 7) is 0. The first-order chi connectivity index (χ1) is 4.86. The molecule has 0 bridgehead atoms. The standard InChI is InChI=1S/C7H7NS2/c8-5-7-2-1-6(10-7)3-4-9/h1-2,9H,3-4H2. The molecule has 0 aliphatic heterocycles. The third kappa shape index (κ3) is 1.76. The number of thiol groups is 1. The van der Waals surface area contributed by atoms with E-state index in [9.17, 15) is 0 Å². The second-order valence-corrected chi connectivity index (χ2v) is 3.47. The van der Waals surface area contributed by atoms with Crippen LogP contribution in [0.4, 0.5) is 0 Å². The summed E-state index contributed by atoms with van der Waals surface area (Å²) in [7, 11) is 0. The van der Waals surface area contributed by atoms with E-state index in [1.54, 1.807) is 11.3 Å². The van der Waals surface area contributed by atoms with Gasteiger partial charge in [0.05, 0.1) is 0 Å². The number of aryl methyl sites for hydroxylation is 1. The van der Waals surface area contributed by atoms with Gasteiger partial charge in [0.2, 0.25) is 0 Å². The molecule has 0 N–H and O–H groups in total. The maximum absolute atomic E-state index is 8.46. The lowest BCUT2D eigenvalue weighted by Gasteiger charge is -1.85. The molecule has 1 aromatic heterocycles. The van der Waals surface area contributed by atoms with Gasteiger partial charge in [0.15, 0.2) is 0 Å². The zero-order valence-electron chi connectivity index (χ0n) is 5.37. The van der Waals surface area contributed by atoms with Crippen LogP contribution < -0.4 is 0 Å². The normalized spacial score (nSPS) is 9.20. The van der Waals surface area contributed by atoms with Gasteiger partial charge in [0.1, 0.15) is 10.9 Å². The van der Waals surface area contributed by atoms with Crippen LogP contribution in [0.25, 0.3) is 0 Å². The fourth-order valence-electron chi connectivity index (χ4n) is 0.683. The van der Waals surface area contributed by atoms with Gasteiger partial charge in [-0.3, -0.25) is 0 Å². The summed E-state index contributed by atoms with van der Waals surface area (Å²) >= 11 is 5.64. The van der Waals surface area contributed by atoms with Gasteiger partial charge in [-0.25, -0.2) is 0 Å². The summed E-state index contributed by atoms with van der Waals surface area (Å²) in [5.41, 5.74) is 0. The largest absolute Gasteiger partial charge is 0.192 e. The van der Waals surface area contributed by atoms with E-state index in [1.807, 2.05) is 12.1 Å². The van der Waals surface area contributed by atoms with Gasteiger partial charge in [-0.1, -0.05) is 0 Å². The fraction of sp³-hybridized carbons (Fsp3) is 0.286. The minimum Gasteiger partial charge on any atom is -0.192 e.